The molecule has 0 bridgehead atoms. The summed E-state index contributed by atoms with van der Waals surface area (Å²) in [6.07, 6.45) is 5.64. The maximum Gasteiger partial charge on any atom is 0.0164 e. The number of rotatable bonds is 2. The van der Waals surface area contributed by atoms with E-state index in [1.165, 1.54) is 51.9 Å². The van der Waals surface area contributed by atoms with Gasteiger partial charge in [-0.3, -0.25) is 4.90 Å². The minimum Gasteiger partial charge on any atom is -0.316 e. The molecular formula is C18H26N2. The maximum atomic E-state index is 3.56. The fourth-order valence-electron chi connectivity index (χ4n) is 4.80. The van der Waals surface area contributed by atoms with Crippen molar-refractivity contribution >= 4 is 0 Å². The van der Waals surface area contributed by atoms with Gasteiger partial charge in [-0.2, -0.15) is 0 Å². The van der Waals surface area contributed by atoms with Gasteiger partial charge in [0, 0.05) is 19.1 Å². The molecule has 3 fully saturated rings. The van der Waals surface area contributed by atoms with E-state index in [2.05, 4.69) is 40.5 Å². The van der Waals surface area contributed by atoms with E-state index in [1.807, 2.05) is 0 Å². The van der Waals surface area contributed by atoms with Crippen molar-refractivity contribution in [1.29, 1.82) is 0 Å². The number of nitrogens with one attached hydrogen (secondary N) is 1. The summed E-state index contributed by atoms with van der Waals surface area (Å²) in [5.74, 6) is 2.62. The summed E-state index contributed by atoms with van der Waals surface area (Å²) < 4.78 is 0. The smallest absolute Gasteiger partial charge is 0.0164 e. The molecule has 0 radical (unpaired) electrons. The quantitative estimate of drug-likeness (QED) is 0.889. The molecule has 1 aromatic carbocycles. The third kappa shape index (κ3) is 2.29. The van der Waals surface area contributed by atoms with Crippen molar-refractivity contribution in [3.05, 3.63) is 35.9 Å². The molecule has 2 aliphatic heterocycles. The molecule has 4 rings (SSSR count). The van der Waals surface area contributed by atoms with Crippen molar-refractivity contribution in [3.63, 3.8) is 0 Å². The standard InChI is InChI=1S/C18H26N2/c1-2-6-14(7-3-1)17-8-4-5-9-18(17)20-12-15-10-19-11-16(15)13-20/h1-3,6-7,15-19H,4-5,8-13H2/t15-,16+,17?,18?. The van der Waals surface area contributed by atoms with Gasteiger partial charge in [-0.25, -0.2) is 0 Å². The minimum atomic E-state index is 0.775. The molecule has 3 aliphatic rings. The van der Waals surface area contributed by atoms with Crippen molar-refractivity contribution in [2.75, 3.05) is 26.2 Å². The van der Waals surface area contributed by atoms with Gasteiger partial charge in [0.2, 0.25) is 0 Å². The Bertz CT molecular complexity index is 432. The molecule has 0 aromatic heterocycles. The summed E-state index contributed by atoms with van der Waals surface area (Å²) in [6, 6.07) is 12.1. The highest BCUT2D eigenvalue weighted by Gasteiger charge is 2.41. The fourth-order valence-corrected chi connectivity index (χ4v) is 4.80. The van der Waals surface area contributed by atoms with Gasteiger partial charge in [-0.1, -0.05) is 43.2 Å². The van der Waals surface area contributed by atoms with Gasteiger partial charge in [0.15, 0.2) is 0 Å². The lowest BCUT2D eigenvalue weighted by Gasteiger charge is -2.39. The first-order chi connectivity index (χ1) is 9.92. The molecule has 2 heterocycles. The summed E-state index contributed by atoms with van der Waals surface area (Å²) in [7, 11) is 0. The van der Waals surface area contributed by atoms with Crippen LogP contribution in [0.15, 0.2) is 30.3 Å². The van der Waals surface area contributed by atoms with Crippen LogP contribution in [0.25, 0.3) is 0 Å². The Morgan fingerprint density at radius 3 is 2.35 bits per heavy atom. The third-order valence-electron chi connectivity index (χ3n) is 5.84. The predicted octanol–water partition coefficient (Wildman–Crippen LogP) is 2.86. The van der Waals surface area contributed by atoms with Gasteiger partial charge in [-0.15, -0.1) is 0 Å². The largest absolute Gasteiger partial charge is 0.316 e. The zero-order chi connectivity index (χ0) is 13.4. The van der Waals surface area contributed by atoms with Gasteiger partial charge in [0.05, 0.1) is 0 Å². The summed E-state index contributed by atoms with van der Waals surface area (Å²) >= 11 is 0. The Morgan fingerprint density at radius 2 is 1.60 bits per heavy atom. The molecule has 0 spiro atoms. The Balaban J connectivity index is 1.53. The van der Waals surface area contributed by atoms with Crippen molar-refractivity contribution in [3.8, 4) is 0 Å². The van der Waals surface area contributed by atoms with Crippen LogP contribution >= 0.6 is 0 Å². The molecule has 108 valence electrons. The fraction of sp³-hybridized carbons (Fsp3) is 0.667. The van der Waals surface area contributed by atoms with E-state index in [9.17, 15) is 0 Å². The summed E-state index contributed by atoms with van der Waals surface area (Å²) in [6.45, 7) is 5.19. The lowest BCUT2D eigenvalue weighted by molar-refractivity contribution is 0.156. The van der Waals surface area contributed by atoms with Crippen LogP contribution in [0.3, 0.4) is 0 Å². The van der Waals surface area contributed by atoms with Crippen molar-refractivity contribution in [2.45, 2.75) is 37.6 Å². The van der Waals surface area contributed by atoms with Crippen LogP contribution in [0.5, 0.6) is 0 Å². The Labute approximate surface area is 122 Å². The number of benzene rings is 1. The first-order valence-electron chi connectivity index (χ1n) is 8.41. The second-order valence-electron chi connectivity index (χ2n) is 7.00. The van der Waals surface area contributed by atoms with E-state index in [0.29, 0.717) is 0 Å². The highest BCUT2D eigenvalue weighted by Crippen LogP contribution is 2.39. The minimum absolute atomic E-state index is 0.775. The number of likely N-dealkylation sites (tertiary alicyclic amines) is 1. The summed E-state index contributed by atoms with van der Waals surface area (Å²) in [5.41, 5.74) is 1.58. The van der Waals surface area contributed by atoms with E-state index in [1.54, 1.807) is 5.56 Å². The molecule has 1 N–H and O–H groups in total. The molecule has 1 aromatic rings. The van der Waals surface area contributed by atoms with Crippen molar-refractivity contribution in [1.82, 2.24) is 10.2 Å². The Morgan fingerprint density at radius 1 is 0.900 bits per heavy atom. The number of hydrogen-bond donors (Lipinski definition) is 1. The van der Waals surface area contributed by atoms with Crippen LogP contribution in [0.2, 0.25) is 0 Å². The highest BCUT2D eigenvalue weighted by atomic mass is 15.2. The van der Waals surface area contributed by atoms with Crippen molar-refractivity contribution < 1.29 is 0 Å². The SMILES string of the molecule is c1ccc(C2CCCCC2N2C[C@H]3CNC[C@H]3C2)cc1. The van der Waals surface area contributed by atoms with Crippen LogP contribution < -0.4 is 5.32 Å². The van der Waals surface area contributed by atoms with E-state index in [4.69, 9.17) is 0 Å². The van der Waals surface area contributed by atoms with Crippen LogP contribution in [0.1, 0.15) is 37.2 Å². The first kappa shape index (κ1) is 12.8. The second-order valence-corrected chi connectivity index (χ2v) is 7.00. The molecule has 2 heteroatoms. The molecular weight excluding hydrogens is 244 g/mol. The number of hydrogen-bond acceptors (Lipinski definition) is 2. The molecule has 20 heavy (non-hydrogen) atoms. The van der Waals surface area contributed by atoms with E-state index >= 15 is 0 Å². The van der Waals surface area contributed by atoms with Crippen LogP contribution in [-0.2, 0) is 0 Å². The number of nitrogens with zero attached hydrogens (tertiary/aromatic N) is 1. The molecule has 2 saturated heterocycles. The third-order valence-corrected chi connectivity index (χ3v) is 5.84. The Kier molecular flexibility index (Phi) is 3.53. The predicted molar refractivity (Wildman–Crippen MR) is 82.9 cm³/mol. The molecule has 2 nitrogen and oxygen atoms in total. The average Bonchev–Trinajstić information content (AvgIpc) is 3.09. The summed E-state index contributed by atoms with van der Waals surface area (Å²) in [5, 5.41) is 3.56. The average molecular weight is 270 g/mol. The van der Waals surface area contributed by atoms with Crippen LogP contribution in [0.4, 0.5) is 0 Å². The highest BCUT2D eigenvalue weighted by molar-refractivity contribution is 5.22. The summed E-state index contributed by atoms with van der Waals surface area (Å²) in [4.78, 5) is 2.84. The van der Waals surface area contributed by atoms with Gasteiger partial charge >= 0.3 is 0 Å². The van der Waals surface area contributed by atoms with E-state index in [0.717, 1.165) is 23.8 Å². The van der Waals surface area contributed by atoms with Gasteiger partial charge in [-0.05, 0) is 49.2 Å². The van der Waals surface area contributed by atoms with Gasteiger partial charge < -0.3 is 5.32 Å². The van der Waals surface area contributed by atoms with E-state index in [-0.39, 0.29) is 0 Å². The molecule has 2 unspecified atom stereocenters. The van der Waals surface area contributed by atoms with Gasteiger partial charge in [0.25, 0.3) is 0 Å². The monoisotopic (exact) mass is 270 g/mol. The number of fused-ring (bicyclic) bond motifs is 1. The molecule has 1 saturated carbocycles. The lowest BCUT2D eigenvalue weighted by atomic mass is 9.79. The van der Waals surface area contributed by atoms with E-state index < -0.39 is 0 Å². The zero-order valence-corrected chi connectivity index (χ0v) is 12.3. The molecule has 0 amide bonds. The van der Waals surface area contributed by atoms with Crippen LogP contribution in [-0.4, -0.2) is 37.1 Å². The van der Waals surface area contributed by atoms with Gasteiger partial charge in [0.1, 0.15) is 0 Å². The molecule has 4 atom stereocenters. The topological polar surface area (TPSA) is 15.3 Å². The lowest BCUT2D eigenvalue weighted by Crippen LogP contribution is -2.41. The maximum absolute atomic E-state index is 3.56. The second kappa shape index (κ2) is 5.50. The Hall–Kier alpha value is -0.860. The first-order valence-corrected chi connectivity index (χ1v) is 8.41. The normalized spacial score (nSPS) is 38.0. The van der Waals surface area contributed by atoms with Crippen molar-refractivity contribution in [2.24, 2.45) is 11.8 Å². The zero-order valence-electron chi connectivity index (χ0n) is 12.3. The molecule has 1 aliphatic carbocycles. The van der Waals surface area contributed by atoms with Crippen LogP contribution in [0, 0.1) is 11.8 Å².